The van der Waals surface area contributed by atoms with E-state index in [4.69, 9.17) is 4.42 Å². The van der Waals surface area contributed by atoms with Crippen LogP contribution in [0, 0.1) is 13.8 Å². The number of nitrogens with one attached hydrogen (secondary N) is 2. The highest BCUT2D eigenvalue weighted by Crippen LogP contribution is 2.13. The standard InChI is InChI=1S/C15H18N4O3S/c1-10-6-11(2)19-15(18-10)23-9-14(21)17-8-13(20)16-7-12-4-3-5-22-12/h3-6H,7-9H2,1-2H3,(H,16,20)(H,17,21). The first kappa shape index (κ1) is 17.0. The number of amides is 2. The first-order valence-corrected chi connectivity index (χ1v) is 8.02. The van der Waals surface area contributed by atoms with Gasteiger partial charge in [0.15, 0.2) is 5.16 Å². The predicted octanol–water partition coefficient (Wildman–Crippen LogP) is 1.21. The monoisotopic (exact) mass is 334 g/mol. The molecule has 0 saturated carbocycles. The van der Waals surface area contributed by atoms with E-state index in [1.807, 2.05) is 19.9 Å². The van der Waals surface area contributed by atoms with Crippen LogP contribution in [0.1, 0.15) is 17.1 Å². The molecule has 122 valence electrons. The fourth-order valence-electron chi connectivity index (χ4n) is 1.78. The van der Waals surface area contributed by atoms with Crippen molar-refractivity contribution in [1.29, 1.82) is 0 Å². The zero-order chi connectivity index (χ0) is 16.7. The van der Waals surface area contributed by atoms with Crippen molar-refractivity contribution >= 4 is 23.6 Å². The Balaban J connectivity index is 1.67. The van der Waals surface area contributed by atoms with E-state index in [2.05, 4.69) is 20.6 Å². The molecule has 2 N–H and O–H groups in total. The number of furan rings is 1. The molecule has 0 fully saturated rings. The lowest BCUT2D eigenvalue weighted by molar-refractivity contribution is -0.124. The zero-order valence-electron chi connectivity index (χ0n) is 13.0. The van der Waals surface area contributed by atoms with Crippen LogP contribution in [-0.4, -0.2) is 34.1 Å². The van der Waals surface area contributed by atoms with E-state index in [9.17, 15) is 9.59 Å². The van der Waals surface area contributed by atoms with Gasteiger partial charge in [-0.15, -0.1) is 0 Å². The highest BCUT2D eigenvalue weighted by Gasteiger charge is 2.08. The average Bonchev–Trinajstić information content (AvgIpc) is 3.01. The van der Waals surface area contributed by atoms with Gasteiger partial charge in [-0.2, -0.15) is 0 Å². The maximum absolute atomic E-state index is 11.7. The van der Waals surface area contributed by atoms with Crippen LogP contribution < -0.4 is 10.6 Å². The Kier molecular flexibility index (Phi) is 6.16. The highest BCUT2D eigenvalue weighted by molar-refractivity contribution is 7.99. The summed E-state index contributed by atoms with van der Waals surface area (Å²) in [5.74, 6) is 0.300. The molecule has 2 heterocycles. The Morgan fingerprint density at radius 3 is 2.57 bits per heavy atom. The number of nitrogens with zero attached hydrogens (tertiary/aromatic N) is 2. The van der Waals surface area contributed by atoms with Gasteiger partial charge in [0.25, 0.3) is 0 Å². The van der Waals surface area contributed by atoms with E-state index in [1.54, 1.807) is 12.1 Å². The molecule has 2 aromatic heterocycles. The summed E-state index contributed by atoms with van der Waals surface area (Å²) in [6, 6.07) is 5.38. The second-order valence-electron chi connectivity index (χ2n) is 4.85. The number of thioether (sulfide) groups is 1. The molecule has 0 bridgehead atoms. The van der Waals surface area contributed by atoms with Gasteiger partial charge in [0.1, 0.15) is 5.76 Å². The minimum absolute atomic E-state index is 0.0756. The van der Waals surface area contributed by atoms with Gasteiger partial charge in [-0.1, -0.05) is 11.8 Å². The molecule has 2 amide bonds. The summed E-state index contributed by atoms with van der Waals surface area (Å²) >= 11 is 1.24. The van der Waals surface area contributed by atoms with Crippen molar-refractivity contribution in [2.75, 3.05) is 12.3 Å². The van der Waals surface area contributed by atoms with E-state index >= 15 is 0 Å². The topological polar surface area (TPSA) is 97.1 Å². The van der Waals surface area contributed by atoms with E-state index < -0.39 is 0 Å². The van der Waals surface area contributed by atoms with Crippen LogP contribution in [0.3, 0.4) is 0 Å². The summed E-state index contributed by atoms with van der Waals surface area (Å²) in [5, 5.41) is 5.76. The summed E-state index contributed by atoms with van der Waals surface area (Å²) in [6.45, 7) is 3.98. The summed E-state index contributed by atoms with van der Waals surface area (Å²) in [4.78, 5) is 31.8. The van der Waals surface area contributed by atoms with Crippen LogP contribution in [0.5, 0.6) is 0 Å². The largest absolute Gasteiger partial charge is 0.467 e. The van der Waals surface area contributed by atoms with E-state index in [0.717, 1.165) is 11.4 Å². The number of hydrogen-bond acceptors (Lipinski definition) is 6. The number of carbonyl (C=O) groups is 2. The molecule has 23 heavy (non-hydrogen) atoms. The van der Waals surface area contributed by atoms with Crippen molar-refractivity contribution in [1.82, 2.24) is 20.6 Å². The molecule has 0 radical (unpaired) electrons. The molecule has 0 spiro atoms. The van der Waals surface area contributed by atoms with Crippen LogP contribution >= 0.6 is 11.8 Å². The Morgan fingerprint density at radius 2 is 1.91 bits per heavy atom. The highest BCUT2D eigenvalue weighted by atomic mass is 32.2. The molecule has 0 unspecified atom stereocenters. The molecule has 2 aromatic rings. The molecular formula is C15H18N4O3S. The van der Waals surface area contributed by atoms with Gasteiger partial charge in [0.05, 0.1) is 25.1 Å². The number of hydrogen-bond donors (Lipinski definition) is 2. The summed E-state index contributed by atoms with van der Waals surface area (Å²) in [6.07, 6.45) is 1.54. The fraction of sp³-hybridized carbons (Fsp3) is 0.333. The maximum Gasteiger partial charge on any atom is 0.239 e. The predicted molar refractivity (Wildman–Crippen MR) is 85.8 cm³/mol. The molecule has 0 aliphatic rings. The third-order valence-corrected chi connectivity index (χ3v) is 3.63. The van der Waals surface area contributed by atoms with Crippen LogP contribution in [-0.2, 0) is 16.1 Å². The molecule has 0 saturated heterocycles. The van der Waals surface area contributed by atoms with E-state index in [1.165, 1.54) is 18.0 Å². The lowest BCUT2D eigenvalue weighted by Gasteiger charge is -2.06. The minimum Gasteiger partial charge on any atom is -0.467 e. The average molecular weight is 334 g/mol. The molecule has 0 aliphatic carbocycles. The second-order valence-corrected chi connectivity index (χ2v) is 5.80. The maximum atomic E-state index is 11.7. The lowest BCUT2D eigenvalue weighted by Crippen LogP contribution is -2.37. The van der Waals surface area contributed by atoms with Crippen molar-refractivity contribution in [2.24, 2.45) is 0 Å². The van der Waals surface area contributed by atoms with Crippen molar-refractivity contribution in [2.45, 2.75) is 25.5 Å². The smallest absolute Gasteiger partial charge is 0.239 e. The molecule has 0 aliphatic heterocycles. The Morgan fingerprint density at radius 1 is 1.17 bits per heavy atom. The Bertz CT molecular complexity index is 653. The van der Waals surface area contributed by atoms with Gasteiger partial charge in [-0.25, -0.2) is 9.97 Å². The van der Waals surface area contributed by atoms with Gasteiger partial charge in [0, 0.05) is 11.4 Å². The Hall–Kier alpha value is -2.35. The normalized spacial score (nSPS) is 10.3. The van der Waals surface area contributed by atoms with Crippen molar-refractivity contribution in [3.8, 4) is 0 Å². The van der Waals surface area contributed by atoms with Gasteiger partial charge < -0.3 is 15.1 Å². The van der Waals surface area contributed by atoms with Crippen molar-refractivity contribution < 1.29 is 14.0 Å². The van der Waals surface area contributed by atoms with Crippen molar-refractivity contribution in [3.63, 3.8) is 0 Å². The van der Waals surface area contributed by atoms with E-state index in [0.29, 0.717) is 17.5 Å². The summed E-state index contributed by atoms with van der Waals surface area (Å²) in [5.41, 5.74) is 1.72. The first-order valence-electron chi connectivity index (χ1n) is 7.04. The lowest BCUT2D eigenvalue weighted by atomic mass is 10.4. The minimum atomic E-state index is -0.276. The third kappa shape index (κ3) is 6.11. The number of aryl methyl sites for hydroxylation is 2. The van der Waals surface area contributed by atoms with Crippen molar-refractivity contribution in [3.05, 3.63) is 41.6 Å². The molecule has 0 aromatic carbocycles. The van der Waals surface area contributed by atoms with Gasteiger partial charge in [-0.3, -0.25) is 9.59 Å². The molecular weight excluding hydrogens is 316 g/mol. The van der Waals surface area contributed by atoms with E-state index in [-0.39, 0.29) is 24.1 Å². The third-order valence-electron chi connectivity index (χ3n) is 2.78. The number of rotatable bonds is 7. The Labute approximate surface area is 138 Å². The van der Waals surface area contributed by atoms with Gasteiger partial charge in [0.2, 0.25) is 11.8 Å². The SMILES string of the molecule is Cc1cc(C)nc(SCC(=O)NCC(=O)NCc2ccco2)n1. The molecule has 0 atom stereocenters. The molecule has 2 rings (SSSR count). The fourth-order valence-corrected chi connectivity index (χ4v) is 2.56. The molecule has 7 nitrogen and oxygen atoms in total. The zero-order valence-corrected chi connectivity index (χ0v) is 13.8. The second kappa shape index (κ2) is 8.33. The van der Waals surface area contributed by atoms with Gasteiger partial charge >= 0.3 is 0 Å². The first-order chi connectivity index (χ1) is 11.0. The van der Waals surface area contributed by atoms with Gasteiger partial charge in [-0.05, 0) is 32.0 Å². The quantitative estimate of drug-likeness (QED) is 0.583. The van der Waals surface area contributed by atoms with Crippen LogP contribution in [0.25, 0.3) is 0 Å². The summed E-state index contributed by atoms with van der Waals surface area (Å²) in [7, 11) is 0. The number of aromatic nitrogens is 2. The van der Waals surface area contributed by atoms with Crippen LogP contribution in [0.15, 0.2) is 34.0 Å². The summed E-state index contributed by atoms with van der Waals surface area (Å²) < 4.78 is 5.10. The van der Waals surface area contributed by atoms with Crippen LogP contribution in [0.2, 0.25) is 0 Å². The van der Waals surface area contributed by atoms with Crippen LogP contribution in [0.4, 0.5) is 0 Å². The molecule has 8 heteroatoms. The number of carbonyl (C=O) groups excluding carboxylic acids is 2.